The maximum Gasteiger partial charge on any atom is 0.214 e. The highest BCUT2D eigenvalue weighted by molar-refractivity contribution is 5.83. The molecule has 2 aromatic carbocycles. The van der Waals surface area contributed by atoms with E-state index >= 15 is 0 Å². The van der Waals surface area contributed by atoms with Gasteiger partial charge in [-0.1, -0.05) is 11.8 Å². The first-order chi connectivity index (χ1) is 18.6. The van der Waals surface area contributed by atoms with Gasteiger partial charge < -0.3 is 19.1 Å². The molecule has 5 aromatic rings. The molecule has 0 unspecified atom stereocenters. The summed E-state index contributed by atoms with van der Waals surface area (Å²) < 4.78 is 18.0. The lowest BCUT2D eigenvalue weighted by molar-refractivity contribution is 0.394. The first-order valence-corrected chi connectivity index (χ1v) is 11.8. The molecule has 3 aromatic heterocycles. The van der Waals surface area contributed by atoms with Crippen LogP contribution in [0.25, 0.3) is 22.3 Å². The van der Waals surface area contributed by atoms with Crippen LogP contribution in [0.2, 0.25) is 0 Å². The van der Waals surface area contributed by atoms with E-state index in [9.17, 15) is 0 Å². The Bertz CT molecular complexity index is 1630. The highest BCUT2D eigenvalue weighted by Gasteiger charge is 2.14. The molecule has 0 saturated heterocycles. The molecule has 0 aliphatic rings. The van der Waals surface area contributed by atoms with E-state index in [0.717, 1.165) is 39.2 Å². The molecule has 38 heavy (non-hydrogen) atoms. The van der Waals surface area contributed by atoms with Crippen molar-refractivity contribution in [2.24, 2.45) is 7.05 Å². The summed E-state index contributed by atoms with van der Waals surface area (Å²) in [5.74, 6) is 8.35. The first kappa shape index (κ1) is 24.6. The molecule has 0 spiro atoms. The number of fused-ring (bicyclic) bond motifs is 1. The van der Waals surface area contributed by atoms with Gasteiger partial charge in [-0.15, -0.1) is 0 Å². The Morgan fingerprint density at radius 1 is 0.842 bits per heavy atom. The molecular weight excluding hydrogens is 480 g/mol. The quantitative estimate of drug-likeness (QED) is 0.295. The van der Waals surface area contributed by atoms with Crippen LogP contribution >= 0.6 is 0 Å². The largest absolute Gasteiger partial charge is 0.497 e. The molecule has 0 saturated carbocycles. The fourth-order valence-electron chi connectivity index (χ4n) is 3.96. The van der Waals surface area contributed by atoms with Crippen molar-refractivity contribution in [2.45, 2.75) is 0 Å². The van der Waals surface area contributed by atoms with Crippen LogP contribution in [0.3, 0.4) is 0 Å². The van der Waals surface area contributed by atoms with Gasteiger partial charge in [-0.05, 0) is 24.3 Å². The molecule has 0 aliphatic heterocycles. The number of aryl methyl sites for hydroxylation is 1. The van der Waals surface area contributed by atoms with E-state index in [1.165, 1.54) is 0 Å². The van der Waals surface area contributed by atoms with Gasteiger partial charge in [0.25, 0.3) is 0 Å². The van der Waals surface area contributed by atoms with E-state index in [-0.39, 0.29) is 0 Å². The second-order valence-electron chi connectivity index (χ2n) is 8.38. The molecule has 0 radical (unpaired) electrons. The van der Waals surface area contributed by atoms with Crippen molar-refractivity contribution in [3.8, 4) is 40.5 Å². The third kappa shape index (κ3) is 5.34. The van der Waals surface area contributed by atoms with Gasteiger partial charge >= 0.3 is 0 Å². The van der Waals surface area contributed by atoms with E-state index in [4.69, 9.17) is 19.2 Å². The molecule has 9 nitrogen and oxygen atoms in total. The Hall–Kier alpha value is -5.10. The second-order valence-corrected chi connectivity index (χ2v) is 8.38. The molecule has 0 fully saturated rings. The Kier molecular flexibility index (Phi) is 7.04. The van der Waals surface area contributed by atoms with E-state index in [2.05, 4.69) is 31.8 Å². The number of hydrogen-bond donors (Lipinski definition) is 0. The lowest BCUT2D eigenvalue weighted by atomic mass is 10.2. The van der Waals surface area contributed by atoms with Gasteiger partial charge in [-0.25, -0.2) is 9.97 Å². The SMILES string of the molecule is COc1cc(OC)cc(N(CC#Cc2ccnc(OC)c2)c2ccc3ncc(-c4cnn(C)c4)nc3c2)c1. The van der Waals surface area contributed by atoms with Crippen molar-refractivity contribution < 1.29 is 14.2 Å². The third-order valence-electron chi connectivity index (χ3n) is 5.90. The lowest BCUT2D eigenvalue weighted by Crippen LogP contribution is -2.17. The highest BCUT2D eigenvalue weighted by Crippen LogP contribution is 2.34. The van der Waals surface area contributed by atoms with E-state index < -0.39 is 0 Å². The lowest BCUT2D eigenvalue weighted by Gasteiger charge is -2.24. The van der Waals surface area contributed by atoms with Crippen molar-refractivity contribution >= 4 is 22.4 Å². The van der Waals surface area contributed by atoms with Crippen LogP contribution in [0, 0.1) is 11.8 Å². The van der Waals surface area contributed by atoms with Crippen LogP contribution in [0.15, 0.2) is 73.3 Å². The minimum atomic E-state index is 0.391. The Labute approximate surface area is 220 Å². The molecular formula is C29H26N6O3. The normalized spacial score (nSPS) is 10.5. The smallest absolute Gasteiger partial charge is 0.214 e. The van der Waals surface area contributed by atoms with Crippen molar-refractivity contribution in [1.29, 1.82) is 0 Å². The van der Waals surface area contributed by atoms with Gasteiger partial charge in [-0.2, -0.15) is 5.10 Å². The summed E-state index contributed by atoms with van der Waals surface area (Å²) in [5, 5.41) is 4.25. The van der Waals surface area contributed by atoms with Crippen LogP contribution in [-0.4, -0.2) is 52.6 Å². The molecule has 5 rings (SSSR count). The van der Waals surface area contributed by atoms with Gasteiger partial charge in [0.1, 0.15) is 11.5 Å². The van der Waals surface area contributed by atoms with E-state index in [0.29, 0.717) is 23.9 Å². The van der Waals surface area contributed by atoms with Crippen LogP contribution in [0.1, 0.15) is 5.56 Å². The number of pyridine rings is 1. The summed E-state index contributed by atoms with van der Waals surface area (Å²) >= 11 is 0. The fourth-order valence-corrected chi connectivity index (χ4v) is 3.96. The Balaban J connectivity index is 1.57. The predicted molar refractivity (Wildman–Crippen MR) is 146 cm³/mol. The van der Waals surface area contributed by atoms with Crippen LogP contribution in [0.5, 0.6) is 17.4 Å². The molecule has 0 atom stereocenters. The fraction of sp³-hybridized carbons (Fsp3) is 0.172. The maximum absolute atomic E-state index is 5.53. The van der Waals surface area contributed by atoms with Crippen LogP contribution < -0.4 is 19.1 Å². The summed E-state index contributed by atoms with van der Waals surface area (Å²) in [7, 11) is 6.72. The molecule has 9 heteroatoms. The third-order valence-corrected chi connectivity index (χ3v) is 5.90. The Morgan fingerprint density at radius 2 is 1.66 bits per heavy atom. The molecule has 0 aliphatic carbocycles. The molecule has 0 N–H and O–H groups in total. The zero-order chi connectivity index (χ0) is 26.5. The van der Waals surface area contributed by atoms with Crippen molar-refractivity contribution in [3.05, 3.63) is 78.9 Å². The standard InChI is InChI=1S/C29H26N6O3/c1-34-19-21(17-32-34)28-18-31-26-8-7-22(15-27(26)33-28)35(23-13-24(36-2)16-25(14-23)37-3)11-5-6-20-9-10-30-29(12-20)38-4/h7-10,12-19H,11H2,1-4H3. The number of nitrogens with zero attached hydrogens (tertiary/aromatic N) is 6. The van der Waals surface area contributed by atoms with Crippen LogP contribution in [0.4, 0.5) is 11.4 Å². The topological polar surface area (TPSA) is 87.4 Å². The van der Waals surface area contributed by atoms with Crippen LogP contribution in [-0.2, 0) is 7.05 Å². The second kappa shape index (κ2) is 10.9. The number of benzene rings is 2. The first-order valence-electron chi connectivity index (χ1n) is 11.8. The average molecular weight is 507 g/mol. The van der Waals surface area contributed by atoms with E-state index in [1.54, 1.807) is 50.7 Å². The van der Waals surface area contributed by atoms with Crippen molar-refractivity contribution in [3.63, 3.8) is 0 Å². The zero-order valence-corrected chi connectivity index (χ0v) is 21.5. The van der Waals surface area contributed by atoms with E-state index in [1.807, 2.05) is 55.7 Å². The average Bonchev–Trinajstić information content (AvgIpc) is 3.40. The molecule has 3 heterocycles. The predicted octanol–water partition coefficient (Wildman–Crippen LogP) is 4.64. The van der Waals surface area contributed by atoms with Crippen molar-refractivity contribution in [2.75, 3.05) is 32.8 Å². The summed E-state index contributed by atoms with van der Waals surface area (Å²) in [6, 6.07) is 15.3. The maximum atomic E-state index is 5.53. The highest BCUT2D eigenvalue weighted by atomic mass is 16.5. The number of ether oxygens (including phenoxy) is 3. The Morgan fingerprint density at radius 3 is 2.37 bits per heavy atom. The monoisotopic (exact) mass is 506 g/mol. The number of anilines is 2. The van der Waals surface area contributed by atoms with Gasteiger partial charge in [0.2, 0.25) is 5.88 Å². The number of methoxy groups -OCH3 is 3. The number of aromatic nitrogens is 5. The minimum Gasteiger partial charge on any atom is -0.497 e. The summed E-state index contributed by atoms with van der Waals surface area (Å²) in [4.78, 5) is 15.7. The van der Waals surface area contributed by atoms with Gasteiger partial charge in [0.05, 0.1) is 57.0 Å². The van der Waals surface area contributed by atoms with Crippen molar-refractivity contribution in [1.82, 2.24) is 24.7 Å². The van der Waals surface area contributed by atoms with Gasteiger partial charge in [0, 0.05) is 66.2 Å². The molecule has 0 bridgehead atoms. The molecule has 190 valence electrons. The molecule has 0 amide bonds. The number of rotatable bonds is 7. The summed E-state index contributed by atoms with van der Waals surface area (Å²) in [6.45, 7) is 0.391. The number of hydrogen-bond acceptors (Lipinski definition) is 8. The minimum absolute atomic E-state index is 0.391. The summed E-state index contributed by atoms with van der Waals surface area (Å²) in [5.41, 5.74) is 5.77. The summed E-state index contributed by atoms with van der Waals surface area (Å²) in [6.07, 6.45) is 7.13. The van der Waals surface area contributed by atoms with Gasteiger partial charge in [-0.3, -0.25) is 9.67 Å². The van der Waals surface area contributed by atoms with Gasteiger partial charge in [0.15, 0.2) is 0 Å². The zero-order valence-electron chi connectivity index (χ0n) is 21.5.